The average molecular weight is 324 g/mol. The van der Waals surface area contributed by atoms with Gasteiger partial charge < -0.3 is 10.1 Å². The molecular weight excluding hydrogens is 309 g/mol. The molecule has 2 aromatic rings. The number of nitrogens with one attached hydrogen (secondary N) is 1. The zero-order valence-electron chi connectivity index (χ0n) is 12.1. The van der Waals surface area contributed by atoms with Crippen molar-refractivity contribution in [3.05, 3.63) is 59.9 Å². The Kier molecular flexibility index (Phi) is 5.56. The highest BCUT2D eigenvalue weighted by Crippen LogP contribution is 2.19. The Balaban J connectivity index is 1.79. The molecule has 0 saturated heterocycles. The number of carbonyl (C=O) groups excluding carboxylic acids is 1. The van der Waals surface area contributed by atoms with Gasteiger partial charge in [-0.1, -0.05) is 18.2 Å². The molecule has 0 saturated carbocycles. The van der Waals surface area contributed by atoms with Crippen LogP contribution >= 0.6 is 0 Å². The summed E-state index contributed by atoms with van der Waals surface area (Å²) in [6.45, 7) is 0.410. The Morgan fingerprint density at radius 3 is 2.48 bits per heavy atom. The lowest BCUT2D eigenvalue weighted by molar-refractivity contribution is -0.153. The van der Waals surface area contributed by atoms with E-state index in [4.69, 9.17) is 4.74 Å². The number of pyridine rings is 1. The quantitative estimate of drug-likeness (QED) is 0.887. The average Bonchev–Trinajstić information content (AvgIpc) is 2.51. The smallest absolute Gasteiger partial charge is 0.397 e. The maximum absolute atomic E-state index is 12.0. The number of carbonyl (C=O) groups is 1. The van der Waals surface area contributed by atoms with Gasteiger partial charge in [-0.05, 0) is 23.8 Å². The summed E-state index contributed by atoms with van der Waals surface area (Å²) in [6.07, 6.45) is -2.59. The van der Waals surface area contributed by atoms with Crippen LogP contribution in [-0.4, -0.2) is 17.1 Å². The van der Waals surface area contributed by atoms with Gasteiger partial charge in [0.2, 0.25) is 5.91 Å². The third-order valence-corrected chi connectivity index (χ3v) is 2.90. The monoisotopic (exact) mass is 324 g/mol. The van der Waals surface area contributed by atoms with Crippen LogP contribution in [0.15, 0.2) is 48.8 Å². The minimum Gasteiger partial charge on any atom is -0.489 e. The topological polar surface area (TPSA) is 51.2 Å². The van der Waals surface area contributed by atoms with Gasteiger partial charge in [0.25, 0.3) is 0 Å². The van der Waals surface area contributed by atoms with E-state index in [0.29, 0.717) is 17.9 Å². The van der Waals surface area contributed by atoms with Crippen LogP contribution in [0.2, 0.25) is 0 Å². The van der Waals surface area contributed by atoms with E-state index in [1.165, 1.54) is 0 Å². The molecule has 1 heterocycles. The summed E-state index contributed by atoms with van der Waals surface area (Å²) in [5.74, 6) is -0.423. The predicted molar refractivity (Wildman–Crippen MR) is 77.5 cm³/mol. The first-order valence-corrected chi connectivity index (χ1v) is 6.86. The van der Waals surface area contributed by atoms with Crippen molar-refractivity contribution in [3.63, 3.8) is 0 Å². The first-order valence-electron chi connectivity index (χ1n) is 6.86. The molecule has 0 aliphatic rings. The summed E-state index contributed by atoms with van der Waals surface area (Å²) in [5.41, 5.74) is 1.62. The number of rotatable bonds is 6. The van der Waals surface area contributed by atoms with E-state index < -0.39 is 18.5 Å². The maximum Gasteiger partial charge on any atom is 0.397 e. The van der Waals surface area contributed by atoms with Gasteiger partial charge in [0, 0.05) is 24.5 Å². The molecule has 1 aromatic carbocycles. The van der Waals surface area contributed by atoms with Crippen molar-refractivity contribution in [3.8, 4) is 5.75 Å². The lowest BCUT2D eigenvalue weighted by Crippen LogP contribution is -2.28. The second-order valence-electron chi connectivity index (χ2n) is 4.86. The summed E-state index contributed by atoms with van der Waals surface area (Å²) in [6, 6.07) is 10.5. The van der Waals surface area contributed by atoms with Gasteiger partial charge in [-0.25, -0.2) is 0 Å². The van der Waals surface area contributed by atoms with Gasteiger partial charge in [-0.15, -0.1) is 0 Å². The highest BCUT2D eigenvalue weighted by atomic mass is 19.4. The van der Waals surface area contributed by atoms with Gasteiger partial charge in [0.05, 0.1) is 0 Å². The highest BCUT2D eigenvalue weighted by Gasteiger charge is 2.30. The number of halogens is 3. The van der Waals surface area contributed by atoms with Crippen molar-refractivity contribution in [1.29, 1.82) is 0 Å². The van der Waals surface area contributed by atoms with E-state index in [0.717, 1.165) is 5.56 Å². The molecule has 0 bridgehead atoms. The van der Waals surface area contributed by atoms with E-state index in [9.17, 15) is 18.0 Å². The molecule has 0 fully saturated rings. The Morgan fingerprint density at radius 2 is 1.87 bits per heavy atom. The van der Waals surface area contributed by atoms with Crippen molar-refractivity contribution < 1.29 is 22.7 Å². The number of nitrogens with zero attached hydrogens (tertiary/aromatic N) is 1. The molecule has 2 rings (SSSR count). The normalized spacial score (nSPS) is 11.1. The zero-order chi connectivity index (χ0) is 16.7. The van der Waals surface area contributed by atoms with Crippen LogP contribution < -0.4 is 10.1 Å². The van der Waals surface area contributed by atoms with Crippen molar-refractivity contribution >= 4 is 5.91 Å². The molecule has 23 heavy (non-hydrogen) atoms. The third kappa shape index (κ3) is 6.37. The van der Waals surface area contributed by atoms with Crippen LogP contribution in [-0.2, 0) is 17.9 Å². The second-order valence-corrected chi connectivity index (χ2v) is 4.86. The fourth-order valence-corrected chi connectivity index (χ4v) is 1.80. The largest absolute Gasteiger partial charge is 0.489 e. The lowest BCUT2D eigenvalue weighted by Gasteiger charge is -2.09. The number of hydrogen-bond donors (Lipinski definition) is 1. The minimum absolute atomic E-state index is 0.0395. The summed E-state index contributed by atoms with van der Waals surface area (Å²) >= 11 is 0. The number of aromatic nitrogens is 1. The first-order chi connectivity index (χ1) is 10.9. The van der Waals surface area contributed by atoms with E-state index in [1.807, 2.05) is 12.1 Å². The van der Waals surface area contributed by atoms with Crippen molar-refractivity contribution in [2.24, 2.45) is 0 Å². The number of benzene rings is 1. The number of hydrogen-bond acceptors (Lipinski definition) is 3. The van der Waals surface area contributed by atoms with E-state index >= 15 is 0 Å². The fourth-order valence-electron chi connectivity index (χ4n) is 1.80. The van der Waals surface area contributed by atoms with E-state index in [2.05, 4.69) is 10.3 Å². The van der Waals surface area contributed by atoms with E-state index in [1.54, 1.807) is 36.7 Å². The molecule has 1 N–H and O–H groups in total. The van der Waals surface area contributed by atoms with Crippen LogP contribution in [0.3, 0.4) is 0 Å². The van der Waals surface area contributed by atoms with Crippen LogP contribution in [0.1, 0.15) is 17.5 Å². The molecule has 1 aromatic heterocycles. The zero-order valence-corrected chi connectivity index (χ0v) is 12.1. The van der Waals surface area contributed by atoms with E-state index in [-0.39, 0.29) is 6.54 Å². The Labute approximate surface area is 131 Å². The van der Waals surface area contributed by atoms with Crippen LogP contribution in [0.5, 0.6) is 5.75 Å². The molecule has 0 aliphatic carbocycles. The molecule has 0 aliphatic heterocycles. The second kappa shape index (κ2) is 7.62. The highest BCUT2D eigenvalue weighted by molar-refractivity contribution is 5.76. The van der Waals surface area contributed by atoms with Gasteiger partial charge >= 0.3 is 6.18 Å². The predicted octanol–water partition coefficient (Wildman–Crippen LogP) is 3.23. The van der Waals surface area contributed by atoms with Crippen LogP contribution in [0.25, 0.3) is 0 Å². The summed E-state index contributed by atoms with van der Waals surface area (Å²) in [4.78, 5) is 15.1. The summed E-state index contributed by atoms with van der Waals surface area (Å²) in [7, 11) is 0. The molecule has 0 radical (unpaired) electrons. The molecule has 7 heteroatoms. The van der Waals surface area contributed by atoms with Gasteiger partial charge in [0.1, 0.15) is 18.8 Å². The minimum atomic E-state index is -4.49. The van der Waals surface area contributed by atoms with Crippen LogP contribution in [0.4, 0.5) is 13.2 Å². The number of amides is 1. The Bertz CT molecular complexity index is 628. The van der Waals surface area contributed by atoms with Gasteiger partial charge in [-0.2, -0.15) is 13.2 Å². The molecule has 0 unspecified atom stereocenters. The van der Waals surface area contributed by atoms with Gasteiger partial charge in [-0.3, -0.25) is 9.78 Å². The fraction of sp³-hybridized carbons (Fsp3) is 0.250. The standard InChI is InChI=1S/C16H15F3N2O2/c17-16(18,19)8-15(22)21-10-12-3-5-14(6-4-12)23-11-13-2-1-7-20-9-13/h1-7,9H,8,10-11H2,(H,21,22). The van der Waals surface area contributed by atoms with Gasteiger partial charge in [0.15, 0.2) is 0 Å². The Hall–Kier alpha value is -2.57. The van der Waals surface area contributed by atoms with Crippen molar-refractivity contribution in [2.75, 3.05) is 0 Å². The molecule has 4 nitrogen and oxygen atoms in total. The summed E-state index contributed by atoms with van der Waals surface area (Å²) in [5, 5.41) is 2.22. The number of alkyl halides is 3. The SMILES string of the molecule is O=C(CC(F)(F)F)NCc1ccc(OCc2cccnc2)cc1. The summed E-state index contributed by atoms with van der Waals surface area (Å²) < 4.78 is 41.6. The molecule has 1 amide bonds. The molecule has 0 spiro atoms. The maximum atomic E-state index is 12.0. The van der Waals surface area contributed by atoms with Crippen molar-refractivity contribution in [2.45, 2.75) is 25.7 Å². The molecule has 0 atom stereocenters. The Morgan fingerprint density at radius 1 is 1.13 bits per heavy atom. The molecule has 122 valence electrons. The number of ether oxygens (including phenoxy) is 1. The van der Waals surface area contributed by atoms with Crippen molar-refractivity contribution in [1.82, 2.24) is 10.3 Å². The first kappa shape index (κ1) is 16.8. The lowest BCUT2D eigenvalue weighted by atomic mass is 10.2. The third-order valence-electron chi connectivity index (χ3n) is 2.90. The molecular formula is C16H15F3N2O2. The van der Waals surface area contributed by atoms with Crippen LogP contribution in [0, 0.1) is 0 Å².